The van der Waals surface area contributed by atoms with Gasteiger partial charge in [-0.1, -0.05) is 54.6 Å². The third-order valence-corrected chi connectivity index (χ3v) is 7.45. The van der Waals surface area contributed by atoms with Crippen molar-refractivity contribution in [3.63, 3.8) is 0 Å². The number of carboxylic acids is 1. The van der Waals surface area contributed by atoms with Crippen LogP contribution in [-0.4, -0.2) is 44.9 Å². The van der Waals surface area contributed by atoms with E-state index in [0.717, 1.165) is 54.8 Å². The maximum atomic E-state index is 13.5. The van der Waals surface area contributed by atoms with Crippen molar-refractivity contribution in [2.45, 2.75) is 44.9 Å². The van der Waals surface area contributed by atoms with E-state index >= 15 is 0 Å². The first-order valence-corrected chi connectivity index (χ1v) is 13.3. The molecule has 2 heterocycles. The van der Waals surface area contributed by atoms with Gasteiger partial charge in [0.25, 0.3) is 5.91 Å². The Kier molecular flexibility index (Phi) is 7.73. The minimum Gasteiger partial charge on any atom is -0.481 e. The normalized spacial score (nSPS) is 19.3. The number of likely N-dealkylation sites (tertiary alicyclic amines) is 1. The fraction of sp³-hybridized carbons (Fsp3) is 0.355. The number of carbonyl (C=O) groups excluding carboxylic acids is 1. The monoisotopic (exact) mass is 495 g/mol. The zero-order valence-corrected chi connectivity index (χ0v) is 21.1. The molecule has 190 valence electrons. The van der Waals surface area contributed by atoms with E-state index < -0.39 is 5.97 Å². The number of hydrogen-bond donors (Lipinski definition) is 1. The number of allylic oxidation sites excluding steroid dienone is 4. The Morgan fingerprint density at radius 3 is 2.65 bits per heavy atom. The van der Waals surface area contributed by atoms with Crippen LogP contribution in [0.4, 0.5) is 0 Å². The molecule has 0 spiro atoms. The van der Waals surface area contributed by atoms with Crippen LogP contribution >= 0.6 is 0 Å². The Balaban J connectivity index is 1.39. The summed E-state index contributed by atoms with van der Waals surface area (Å²) < 4.78 is 0. The second-order valence-corrected chi connectivity index (χ2v) is 10.1. The predicted octanol–water partition coefficient (Wildman–Crippen LogP) is 6.08. The first-order chi connectivity index (χ1) is 18.1. The summed E-state index contributed by atoms with van der Waals surface area (Å²) >= 11 is 0. The summed E-state index contributed by atoms with van der Waals surface area (Å²) in [5.74, 6) is 0.263. The van der Waals surface area contributed by atoms with Gasteiger partial charge in [0, 0.05) is 30.6 Å². The van der Waals surface area contributed by atoms with Gasteiger partial charge in [0.15, 0.2) is 0 Å². The molecule has 1 N–H and O–H groups in total. The van der Waals surface area contributed by atoms with E-state index in [1.54, 1.807) is 0 Å². The molecule has 6 nitrogen and oxygen atoms in total. The summed E-state index contributed by atoms with van der Waals surface area (Å²) in [6, 6.07) is 15.6. The predicted molar refractivity (Wildman–Crippen MR) is 145 cm³/mol. The van der Waals surface area contributed by atoms with Gasteiger partial charge in [-0.05, 0) is 68.6 Å². The highest BCUT2D eigenvalue weighted by Gasteiger charge is 2.29. The molecule has 1 fully saturated rings. The van der Waals surface area contributed by atoms with Gasteiger partial charge in [-0.15, -0.1) is 0 Å². The summed E-state index contributed by atoms with van der Waals surface area (Å²) in [6.07, 6.45) is 14.0. The SMILES string of the molecule is O=C(O)CCCCc1nc2cc(C(=O)N3CCC[C@H](C4C=CC=CC4)C3)ccc2nc1-c1ccccc1. The molecule has 1 aliphatic heterocycles. The minimum absolute atomic E-state index is 0.0545. The van der Waals surface area contributed by atoms with Crippen molar-refractivity contribution in [2.24, 2.45) is 11.8 Å². The topological polar surface area (TPSA) is 83.4 Å². The van der Waals surface area contributed by atoms with Crippen LogP contribution in [0.2, 0.25) is 0 Å². The van der Waals surface area contributed by atoms with Crippen LogP contribution in [-0.2, 0) is 11.2 Å². The molecule has 5 rings (SSSR count). The largest absolute Gasteiger partial charge is 0.481 e. The highest BCUT2D eigenvalue weighted by atomic mass is 16.4. The smallest absolute Gasteiger partial charge is 0.303 e. The minimum atomic E-state index is -0.785. The average Bonchev–Trinajstić information content (AvgIpc) is 2.95. The number of carboxylic acid groups (broad SMARTS) is 1. The highest BCUT2D eigenvalue weighted by Crippen LogP contribution is 2.31. The molecule has 1 saturated heterocycles. The summed E-state index contributed by atoms with van der Waals surface area (Å²) in [6.45, 7) is 1.57. The lowest BCUT2D eigenvalue weighted by Crippen LogP contribution is -2.42. The molecule has 1 amide bonds. The number of aryl methyl sites for hydroxylation is 1. The molecule has 6 heteroatoms. The number of hydrogen-bond acceptors (Lipinski definition) is 4. The molecule has 2 atom stereocenters. The lowest BCUT2D eigenvalue weighted by atomic mass is 9.81. The molecule has 2 aliphatic rings. The van der Waals surface area contributed by atoms with Crippen molar-refractivity contribution in [2.75, 3.05) is 13.1 Å². The molecular formula is C31H33N3O3. The third-order valence-electron chi connectivity index (χ3n) is 7.45. The number of aromatic nitrogens is 2. The van der Waals surface area contributed by atoms with Gasteiger partial charge >= 0.3 is 5.97 Å². The molecule has 3 aromatic rings. The number of benzene rings is 2. The number of carbonyl (C=O) groups is 2. The van der Waals surface area contributed by atoms with E-state index in [4.69, 9.17) is 15.1 Å². The summed E-state index contributed by atoms with van der Waals surface area (Å²) in [5.41, 5.74) is 4.73. The van der Waals surface area contributed by atoms with Crippen LogP contribution in [0.25, 0.3) is 22.3 Å². The van der Waals surface area contributed by atoms with Crippen LogP contribution in [0, 0.1) is 11.8 Å². The van der Waals surface area contributed by atoms with Crippen molar-refractivity contribution in [1.29, 1.82) is 0 Å². The van der Waals surface area contributed by atoms with Crippen molar-refractivity contribution in [1.82, 2.24) is 14.9 Å². The maximum Gasteiger partial charge on any atom is 0.303 e. The summed E-state index contributed by atoms with van der Waals surface area (Å²) in [7, 11) is 0. The van der Waals surface area contributed by atoms with Crippen LogP contribution in [0.5, 0.6) is 0 Å². The van der Waals surface area contributed by atoms with Gasteiger partial charge in [0.05, 0.1) is 22.4 Å². The lowest BCUT2D eigenvalue weighted by Gasteiger charge is -2.36. The summed E-state index contributed by atoms with van der Waals surface area (Å²) in [4.78, 5) is 36.3. The molecule has 37 heavy (non-hydrogen) atoms. The van der Waals surface area contributed by atoms with Gasteiger partial charge in [0.1, 0.15) is 0 Å². The number of piperidine rings is 1. The number of fused-ring (bicyclic) bond motifs is 1. The molecule has 0 saturated carbocycles. The Bertz CT molecular complexity index is 1330. The molecule has 2 aromatic carbocycles. The number of aliphatic carboxylic acids is 1. The van der Waals surface area contributed by atoms with Gasteiger partial charge in [0.2, 0.25) is 0 Å². The van der Waals surface area contributed by atoms with Gasteiger partial charge in [-0.25, -0.2) is 9.97 Å². The number of unbranched alkanes of at least 4 members (excludes halogenated alkanes) is 1. The quantitative estimate of drug-likeness (QED) is 0.383. The van der Waals surface area contributed by atoms with Gasteiger partial charge in [-0.2, -0.15) is 0 Å². The number of nitrogens with zero attached hydrogens (tertiary/aromatic N) is 3. The maximum absolute atomic E-state index is 13.5. The van der Waals surface area contributed by atoms with Crippen LogP contribution < -0.4 is 0 Å². The molecular weight excluding hydrogens is 462 g/mol. The van der Waals surface area contributed by atoms with Crippen molar-refractivity contribution in [3.05, 3.63) is 84.1 Å². The Hall–Kier alpha value is -3.80. The third kappa shape index (κ3) is 5.96. The van der Waals surface area contributed by atoms with Gasteiger partial charge < -0.3 is 10.0 Å². The Morgan fingerprint density at radius 2 is 1.86 bits per heavy atom. The van der Waals surface area contributed by atoms with Crippen LogP contribution in [0.1, 0.15) is 54.6 Å². The van der Waals surface area contributed by atoms with E-state index in [-0.39, 0.29) is 12.3 Å². The molecule has 1 aliphatic carbocycles. The van der Waals surface area contributed by atoms with E-state index in [9.17, 15) is 9.59 Å². The summed E-state index contributed by atoms with van der Waals surface area (Å²) in [5, 5.41) is 8.99. The van der Waals surface area contributed by atoms with Crippen molar-refractivity contribution >= 4 is 22.9 Å². The van der Waals surface area contributed by atoms with E-state index in [1.165, 1.54) is 0 Å². The molecule has 0 bridgehead atoms. The van der Waals surface area contributed by atoms with Crippen LogP contribution in [0.3, 0.4) is 0 Å². The van der Waals surface area contributed by atoms with Crippen LogP contribution in [0.15, 0.2) is 72.8 Å². The standard InChI is InChI=1S/C31H33N3O3/c35-29(36)16-8-7-15-27-30(23-12-5-2-6-13-23)33-26-18-17-24(20-28(26)32-27)31(37)34-19-9-14-25(21-34)22-10-3-1-4-11-22/h1-6,10,12-13,17-18,20,22,25H,7-9,11,14-16,19,21H2,(H,35,36)/t22?,25-/m0/s1. The van der Waals surface area contributed by atoms with E-state index in [1.807, 2.05) is 53.4 Å². The highest BCUT2D eigenvalue weighted by molar-refractivity contribution is 5.97. The fourth-order valence-corrected chi connectivity index (χ4v) is 5.47. The molecule has 1 aromatic heterocycles. The van der Waals surface area contributed by atoms with Crippen molar-refractivity contribution < 1.29 is 14.7 Å². The lowest BCUT2D eigenvalue weighted by molar-refractivity contribution is -0.137. The Labute approximate surface area is 217 Å². The first kappa shape index (κ1) is 24.9. The average molecular weight is 496 g/mol. The van der Waals surface area contributed by atoms with E-state index in [2.05, 4.69) is 24.3 Å². The number of amides is 1. The van der Waals surface area contributed by atoms with Crippen molar-refractivity contribution in [3.8, 4) is 11.3 Å². The zero-order valence-electron chi connectivity index (χ0n) is 21.1. The van der Waals surface area contributed by atoms with E-state index in [0.29, 0.717) is 42.2 Å². The zero-order chi connectivity index (χ0) is 25.6. The number of rotatable bonds is 8. The van der Waals surface area contributed by atoms with Gasteiger partial charge in [-0.3, -0.25) is 9.59 Å². The first-order valence-electron chi connectivity index (χ1n) is 13.3. The fourth-order valence-electron chi connectivity index (χ4n) is 5.47. The molecule has 0 radical (unpaired) electrons. The second kappa shape index (κ2) is 11.5. The molecule has 1 unspecified atom stereocenters. The second-order valence-electron chi connectivity index (χ2n) is 10.1. The Morgan fingerprint density at radius 1 is 1.00 bits per heavy atom.